The molecule has 1 amide bonds. The van der Waals surface area contributed by atoms with Crippen LogP contribution in [0.3, 0.4) is 0 Å². The molecule has 2 aromatic rings. The van der Waals surface area contributed by atoms with Crippen LogP contribution >= 0.6 is 23.4 Å². The number of nitrogens with one attached hydrogen (secondary N) is 1. The summed E-state index contributed by atoms with van der Waals surface area (Å²) in [6, 6.07) is 13.9. The second-order valence-corrected chi connectivity index (χ2v) is 6.03. The first-order valence-electron chi connectivity index (χ1n) is 6.53. The molecule has 0 saturated heterocycles. The van der Waals surface area contributed by atoms with Crippen LogP contribution in [0.5, 0.6) is 0 Å². The first kappa shape index (κ1) is 15.9. The molecule has 21 heavy (non-hydrogen) atoms. The molecule has 0 aromatic heterocycles. The summed E-state index contributed by atoms with van der Waals surface area (Å²) in [6.07, 6.45) is 0.391. The molecule has 110 valence electrons. The van der Waals surface area contributed by atoms with E-state index in [0.717, 1.165) is 4.90 Å². The third-order valence-corrected chi connectivity index (χ3v) is 4.11. The summed E-state index contributed by atoms with van der Waals surface area (Å²) in [5.74, 6) is 0.290. The van der Waals surface area contributed by atoms with Crippen LogP contribution in [0.15, 0.2) is 53.4 Å². The highest BCUT2D eigenvalue weighted by Crippen LogP contribution is 2.20. The topological polar surface area (TPSA) is 29.1 Å². The van der Waals surface area contributed by atoms with E-state index in [4.69, 9.17) is 11.6 Å². The lowest BCUT2D eigenvalue weighted by molar-refractivity contribution is -0.120. The van der Waals surface area contributed by atoms with Crippen molar-refractivity contribution in [3.8, 4) is 0 Å². The Morgan fingerprint density at radius 3 is 2.57 bits per heavy atom. The lowest BCUT2D eigenvalue weighted by Crippen LogP contribution is -2.23. The van der Waals surface area contributed by atoms with Crippen LogP contribution < -0.4 is 5.32 Å². The zero-order valence-electron chi connectivity index (χ0n) is 11.3. The number of benzene rings is 2. The highest BCUT2D eigenvalue weighted by Gasteiger charge is 2.05. The fraction of sp³-hybridized carbons (Fsp3) is 0.188. The second kappa shape index (κ2) is 8.05. The molecule has 2 rings (SSSR count). The molecule has 0 bridgehead atoms. The molecular weight excluding hydrogens is 309 g/mol. The van der Waals surface area contributed by atoms with E-state index in [0.29, 0.717) is 22.8 Å². The van der Waals surface area contributed by atoms with Crippen LogP contribution in [0, 0.1) is 5.82 Å². The summed E-state index contributed by atoms with van der Waals surface area (Å²) in [6.45, 7) is 0.219. The Morgan fingerprint density at radius 1 is 1.14 bits per heavy atom. The molecule has 2 nitrogen and oxygen atoms in total. The largest absolute Gasteiger partial charge is 0.352 e. The minimum atomic E-state index is -0.298. The van der Waals surface area contributed by atoms with E-state index in [9.17, 15) is 9.18 Å². The van der Waals surface area contributed by atoms with Crippen LogP contribution in [0.2, 0.25) is 5.02 Å². The van der Waals surface area contributed by atoms with Crippen LogP contribution in [-0.2, 0) is 11.3 Å². The van der Waals surface area contributed by atoms with Gasteiger partial charge in [0.1, 0.15) is 5.82 Å². The number of carbonyl (C=O) groups is 1. The van der Waals surface area contributed by atoms with Crippen molar-refractivity contribution in [1.29, 1.82) is 0 Å². The highest BCUT2D eigenvalue weighted by molar-refractivity contribution is 7.99. The fourth-order valence-corrected chi connectivity index (χ4v) is 2.69. The minimum Gasteiger partial charge on any atom is -0.352 e. The number of hydrogen-bond donors (Lipinski definition) is 1. The van der Waals surface area contributed by atoms with Gasteiger partial charge in [-0.3, -0.25) is 4.79 Å². The molecular formula is C16H15ClFNOS. The van der Waals surface area contributed by atoms with Gasteiger partial charge in [-0.05, 0) is 30.3 Å². The van der Waals surface area contributed by atoms with Crippen LogP contribution in [0.1, 0.15) is 12.0 Å². The smallest absolute Gasteiger partial charge is 0.221 e. The van der Waals surface area contributed by atoms with Crippen molar-refractivity contribution in [3.63, 3.8) is 0 Å². The molecule has 0 heterocycles. The summed E-state index contributed by atoms with van der Waals surface area (Å²) in [5, 5.41) is 3.42. The monoisotopic (exact) mass is 323 g/mol. The van der Waals surface area contributed by atoms with E-state index >= 15 is 0 Å². The maximum Gasteiger partial charge on any atom is 0.221 e. The quantitative estimate of drug-likeness (QED) is 0.804. The number of halogens is 2. The van der Waals surface area contributed by atoms with Crippen molar-refractivity contribution in [2.24, 2.45) is 0 Å². The Kier molecular flexibility index (Phi) is 6.08. The maximum atomic E-state index is 13.4. The van der Waals surface area contributed by atoms with Gasteiger partial charge >= 0.3 is 0 Å². The van der Waals surface area contributed by atoms with Crippen molar-refractivity contribution in [2.45, 2.75) is 17.9 Å². The van der Waals surface area contributed by atoms with E-state index in [1.54, 1.807) is 30.0 Å². The summed E-state index contributed by atoms with van der Waals surface area (Å²) in [7, 11) is 0. The summed E-state index contributed by atoms with van der Waals surface area (Å²) in [4.78, 5) is 12.8. The van der Waals surface area contributed by atoms with Gasteiger partial charge in [-0.15, -0.1) is 11.8 Å². The molecule has 0 aliphatic rings. The first-order chi connectivity index (χ1) is 10.1. The number of carbonyl (C=O) groups excluding carboxylic acids is 1. The molecule has 0 aliphatic carbocycles. The van der Waals surface area contributed by atoms with Crippen molar-refractivity contribution < 1.29 is 9.18 Å². The van der Waals surface area contributed by atoms with Crippen LogP contribution in [0.4, 0.5) is 4.39 Å². The molecule has 0 atom stereocenters. The normalized spacial score (nSPS) is 10.4. The van der Waals surface area contributed by atoms with Crippen molar-refractivity contribution >= 4 is 29.3 Å². The zero-order chi connectivity index (χ0) is 15.1. The molecule has 2 aromatic carbocycles. The first-order valence-corrected chi connectivity index (χ1v) is 7.90. The van der Waals surface area contributed by atoms with Gasteiger partial charge in [-0.25, -0.2) is 4.39 Å². The van der Waals surface area contributed by atoms with Gasteiger partial charge in [-0.1, -0.05) is 29.8 Å². The SMILES string of the molecule is O=C(CCSc1ccc(Cl)cc1)NCc1ccccc1F. The van der Waals surface area contributed by atoms with E-state index in [2.05, 4.69) is 5.32 Å². The number of amides is 1. The molecule has 0 radical (unpaired) electrons. The molecule has 0 unspecified atom stereocenters. The Bertz CT molecular complexity index is 603. The molecule has 0 spiro atoms. The Morgan fingerprint density at radius 2 is 1.86 bits per heavy atom. The molecule has 1 N–H and O–H groups in total. The van der Waals surface area contributed by atoms with Gasteiger partial charge in [-0.2, -0.15) is 0 Å². The van der Waals surface area contributed by atoms with Gasteiger partial charge in [0.15, 0.2) is 0 Å². The second-order valence-electron chi connectivity index (χ2n) is 4.42. The zero-order valence-corrected chi connectivity index (χ0v) is 12.9. The predicted octanol–water partition coefficient (Wildman–Crippen LogP) is 4.28. The number of hydrogen-bond acceptors (Lipinski definition) is 2. The van der Waals surface area contributed by atoms with Crippen LogP contribution in [0.25, 0.3) is 0 Å². The summed E-state index contributed by atoms with van der Waals surface area (Å²) >= 11 is 7.39. The van der Waals surface area contributed by atoms with Gasteiger partial charge < -0.3 is 5.32 Å². The third-order valence-electron chi connectivity index (χ3n) is 2.85. The van der Waals surface area contributed by atoms with E-state index in [-0.39, 0.29) is 18.3 Å². The highest BCUT2D eigenvalue weighted by atomic mass is 35.5. The summed E-state index contributed by atoms with van der Waals surface area (Å²) < 4.78 is 13.4. The van der Waals surface area contributed by atoms with E-state index in [1.807, 2.05) is 24.3 Å². The van der Waals surface area contributed by atoms with Crippen molar-refractivity contribution in [3.05, 3.63) is 64.9 Å². The molecule has 5 heteroatoms. The Balaban J connectivity index is 1.70. The number of rotatable bonds is 6. The minimum absolute atomic E-state index is 0.0836. The summed E-state index contributed by atoms with van der Waals surface area (Å²) in [5.41, 5.74) is 0.496. The third kappa shape index (κ3) is 5.40. The number of thioether (sulfide) groups is 1. The average molecular weight is 324 g/mol. The van der Waals surface area contributed by atoms with Gasteiger partial charge in [0, 0.05) is 34.2 Å². The van der Waals surface area contributed by atoms with Gasteiger partial charge in [0.05, 0.1) is 0 Å². The molecule has 0 saturated carbocycles. The lowest BCUT2D eigenvalue weighted by atomic mass is 10.2. The lowest BCUT2D eigenvalue weighted by Gasteiger charge is -2.06. The van der Waals surface area contributed by atoms with Crippen LogP contribution in [-0.4, -0.2) is 11.7 Å². The predicted molar refractivity (Wildman–Crippen MR) is 85.0 cm³/mol. The van der Waals surface area contributed by atoms with Crippen molar-refractivity contribution in [2.75, 3.05) is 5.75 Å². The Labute approximate surface area is 132 Å². The standard InChI is InChI=1S/C16H15ClFNOS/c17-13-5-7-14(8-6-13)21-10-9-16(20)19-11-12-3-1-2-4-15(12)18/h1-8H,9-11H2,(H,19,20). The van der Waals surface area contributed by atoms with E-state index < -0.39 is 0 Å². The average Bonchev–Trinajstić information content (AvgIpc) is 2.48. The molecule has 0 aliphatic heterocycles. The van der Waals surface area contributed by atoms with E-state index in [1.165, 1.54) is 6.07 Å². The fourth-order valence-electron chi connectivity index (χ4n) is 1.72. The van der Waals surface area contributed by atoms with Crippen molar-refractivity contribution in [1.82, 2.24) is 5.32 Å². The molecule has 0 fully saturated rings. The maximum absolute atomic E-state index is 13.4. The van der Waals surface area contributed by atoms with Gasteiger partial charge in [0.2, 0.25) is 5.91 Å². The Hall–Kier alpha value is -1.52. The van der Waals surface area contributed by atoms with Gasteiger partial charge in [0.25, 0.3) is 0 Å².